The summed E-state index contributed by atoms with van der Waals surface area (Å²) < 4.78 is 27.8. The zero-order valence-corrected chi connectivity index (χ0v) is 21.4. The lowest BCUT2D eigenvalue weighted by Crippen LogP contribution is -2.20. The van der Waals surface area contributed by atoms with Gasteiger partial charge in [0.05, 0.1) is 10.5 Å². The van der Waals surface area contributed by atoms with Gasteiger partial charge in [-0.2, -0.15) is 0 Å². The summed E-state index contributed by atoms with van der Waals surface area (Å²) in [4.78, 5) is 25.7. The van der Waals surface area contributed by atoms with E-state index in [1.807, 2.05) is 30.3 Å². The van der Waals surface area contributed by atoms with Crippen molar-refractivity contribution in [2.45, 2.75) is 22.0 Å². The molecule has 4 aromatic rings. The highest BCUT2D eigenvalue weighted by Gasteiger charge is 2.23. The molecule has 188 valence electrons. The minimum atomic E-state index is -3.72. The first-order valence-electron chi connectivity index (χ1n) is 11.3. The summed E-state index contributed by atoms with van der Waals surface area (Å²) in [6.07, 6.45) is 0. The first kappa shape index (κ1) is 26.0. The first-order valence-corrected chi connectivity index (χ1v) is 13.6. The molecule has 0 aromatic heterocycles. The van der Waals surface area contributed by atoms with Gasteiger partial charge in [-0.25, -0.2) is 13.2 Å². The minimum Gasteiger partial charge on any atom is -0.478 e. The SMILES string of the molecule is Cc1ccc(C(=O)O)cc1NC(=O)C(Sc1ccc(NS(=O)(=O)c2ccccc2)cc1)c1ccccc1. The van der Waals surface area contributed by atoms with Gasteiger partial charge in [0.25, 0.3) is 10.0 Å². The molecule has 1 amide bonds. The lowest BCUT2D eigenvalue weighted by atomic mass is 10.1. The number of carboxylic acid groups (broad SMARTS) is 1. The van der Waals surface area contributed by atoms with Gasteiger partial charge in [0.2, 0.25) is 5.91 Å². The molecule has 37 heavy (non-hydrogen) atoms. The summed E-state index contributed by atoms with van der Waals surface area (Å²) >= 11 is 1.30. The second-order valence-corrected chi connectivity index (χ2v) is 11.0. The van der Waals surface area contributed by atoms with Crippen LogP contribution >= 0.6 is 11.8 Å². The van der Waals surface area contributed by atoms with Gasteiger partial charge in [-0.05, 0) is 66.6 Å². The Morgan fingerprint density at radius 1 is 0.838 bits per heavy atom. The number of hydrogen-bond donors (Lipinski definition) is 3. The normalized spacial score (nSPS) is 11.9. The van der Waals surface area contributed by atoms with E-state index >= 15 is 0 Å². The Morgan fingerprint density at radius 2 is 1.46 bits per heavy atom. The second kappa shape index (κ2) is 11.3. The summed E-state index contributed by atoms with van der Waals surface area (Å²) in [6.45, 7) is 1.79. The van der Waals surface area contributed by atoms with Crippen molar-refractivity contribution in [3.8, 4) is 0 Å². The van der Waals surface area contributed by atoms with Crippen molar-refractivity contribution in [1.82, 2.24) is 0 Å². The number of nitrogens with one attached hydrogen (secondary N) is 2. The molecular formula is C28H24N2O5S2. The van der Waals surface area contributed by atoms with E-state index in [9.17, 15) is 23.1 Å². The van der Waals surface area contributed by atoms with E-state index in [0.717, 1.165) is 16.0 Å². The molecule has 4 aromatic carbocycles. The standard InChI is InChI=1S/C28H24N2O5S2/c1-19-12-13-21(28(32)33)18-25(19)29-27(31)26(20-8-4-2-5-9-20)36-23-16-14-22(15-17-23)30-37(34,35)24-10-6-3-7-11-24/h2-18,26,30H,1H3,(H,29,31)(H,32,33). The summed E-state index contributed by atoms with van der Waals surface area (Å²) in [5.74, 6) is -1.39. The van der Waals surface area contributed by atoms with Gasteiger partial charge in [0.1, 0.15) is 5.25 Å². The van der Waals surface area contributed by atoms with Gasteiger partial charge in [-0.1, -0.05) is 54.6 Å². The molecule has 0 saturated heterocycles. The summed E-state index contributed by atoms with van der Waals surface area (Å²) in [7, 11) is -3.72. The number of carbonyl (C=O) groups is 2. The van der Waals surface area contributed by atoms with Crippen LogP contribution in [0.3, 0.4) is 0 Å². The number of sulfonamides is 1. The Morgan fingerprint density at radius 3 is 2.08 bits per heavy atom. The van der Waals surface area contributed by atoms with Crippen LogP contribution in [0.4, 0.5) is 11.4 Å². The molecule has 4 rings (SSSR count). The molecule has 0 heterocycles. The molecule has 0 spiro atoms. The molecule has 0 fully saturated rings. The highest BCUT2D eigenvalue weighted by Crippen LogP contribution is 2.37. The average molecular weight is 533 g/mol. The zero-order chi connectivity index (χ0) is 26.4. The van der Waals surface area contributed by atoms with E-state index in [-0.39, 0.29) is 16.4 Å². The highest BCUT2D eigenvalue weighted by atomic mass is 32.2. The van der Waals surface area contributed by atoms with E-state index in [2.05, 4.69) is 10.0 Å². The number of carbonyl (C=O) groups excluding carboxylic acids is 1. The second-order valence-electron chi connectivity index (χ2n) is 8.18. The van der Waals surface area contributed by atoms with Crippen LogP contribution in [0, 0.1) is 6.92 Å². The van der Waals surface area contributed by atoms with Crippen molar-refractivity contribution in [2.24, 2.45) is 0 Å². The topological polar surface area (TPSA) is 113 Å². The molecule has 0 radical (unpaired) electrons. The number of hydrogen-bond acceptors (Lipinski definition) is 5. The zero-order valence-electron chi connectivity index (χ0n) is 19.8. The molecule has 0 aliphatic rings. The maximum atomic E-state index is 13.4. The molecule has 0 aliphatic carbocycles. The lowest BCUT2D eigenvalue weighted by Gasteiger charge is -2.18. The molecule has 1 atom stereocenters. The number of aryl methyl sites for hydroxylation is 1. The molecule has 7 nitrogen and oxygen atoms in total. The number of rotatable bonds is 9. The largest absolute Gasteiger partial charge is 0.478 e. The van der Waals surface area contributed by atoms with Crippen molar-refractivity contribution in [2.75, 3.05) is 10.0 Å². The third kappa shape index (κ3) is 6.58. The third-order valence-corrected chi connectivity index (χ3v) is 8.16. The third-order valence-electron chi connectivity index (χ3n) is 5.50. The summed E-state index contributed by atoms with van der Waals surface area (Å²) in [5, 5.41) is 11.5. The van der Waals surface area contributed by atoms with Gasteiger partial charge >= 0.3 is 5.97 Å². The van der Waals surface area contributed by atoms with E-state index in [4.69, 9.17) is 0 Å². The lowest BCUT2D eigenvalue weighted by molar-refractivity contribution is -0.115. The van der Waals surface area contributed by atoms with Crippen LogP contribution in [0.2, 0.25) is 0 Å². The summed E-state index contributed by atoms with van der Waals surface area (Å²) in [5.41, 5.74) is 2.42. The highest BCUT2D eigenvalue weighted by molar-refractivity contribution is 8.00. The van der Waals surface area contributed by atoms with Gasteiger partial charge in [0.15, 0.2) is 0 Å². The van der Waals surface area contributed by atoms with E-state index in [0.29, 0.717) is 11.4 Å². The maximum absolute atomic E-state index is 13.4. The smallest absolute Gasteiger partial charge is 0.335 e. The summed E-state index contributed by atoms with van der Waals surface area (Å²) in [6, 6.07) is 28.7. The number of aromatic carboxylic acids is 1. The van der Waals surface area contributed by atoms with Crippen LogP contribution in [-0.2, 0) is 14.8 Å². The monoisotopic (exact) mass is 532 g/mol. The maximum Gasteiger partial charge on any atom is 0.335 e. The van der Waals surface area contributed by atoms with Crippen molar-refractivity contribution in [3.05, 3.63) is 120 Å². The fourth-order valence-corrected chi connectivity index (χ4v) is 5.64. The quantitative estimate of drug-likeness (QED) is 0.229. The first-order chi connectivity index (χ1) is 17.7. The molecule has 9 heteroatoms. The molecule has 3 N–H and O–H groups in total. The van der Waals surface area contributed by atoms with E-state index < -0.39 is 21.2 Å². The Kier molecular flexibility index (Phi) is 7.95. The van der Waals surface area contributed by atoms with E-state index in [1.54, 1.807) is 55.5 Å². The van der Waals surface area contributed by atoms with Crippen LogP contribution in [0.1, 0.15) is 26.7 Å². The molecule has 1 unspecified atom stereocenters. The van der Waals surface area contributed by atoms with Crippen molar-refractivity contribution >= 4 is 45.0 Å². The van der Waals surface area contributed by atoms with Crippen LogP contribution in [-0.4, -0.2) is 25.4 Å². The molecule has 0 aliphatic heterocycles. The predicted octanol–water partition coefficient (Wildman–Crippen LogP) is 5.97. The van der Waals surface area contributed by atoms with Crippen LogP contribution < -0.4 is 10.0 Å². The molecule has 0 saturated carbocycles. The van der Waals surface area contributed by atoms with Crippen molar-refractivity contribution < 1.29 is 23.1 Å². The fourth-order valence-electron chi connectivity index (χ4n) is 3.54. The van der Waals surface area contributed by atoms with Gasteiger partial charge in [0, 0.05) is 16.3 Å². The number of carboxylic acids is 1. The number of thioether (sulfide) groups is 1. The van der Waals surface area contributed by atoms with E-state index in [1.165, 1.54) is 36.0 Å². The van der Waals surface area contributed by atoms with Crippen LogP contribution in [0.5, 0.6) is 0 Å². The van der Waals surface area contributed by atoms with Crippen molar-refractivity contribution in [1.29, 1.82) is 0 Å². The van der Waals surface area contributed by atoms with Gasteiger partial charge in [-0.15, -0.1) is 11.8 Å². The number of amides is 1. The van der Waals surface area contributed by atoms with Crippen LogP contribution in [0.25, 0.3) is 0 Å². The Labute approximate surface area is 219 Å². The Bertz CT molecular complexity index is 1510. The Hall–Kier alpha value is -4.08. The molecular weight excluding hydrogens is 508 g/mol. The Balaban J connectivity index is 1.55. The number of anilines is 2. The minimum absolute atomic E-state index is 0.0818. The van der Waals surface area contributed by atoms with Gasteiger partial charge in [-0.3, -0.25) is 9.52 Å². The average Bonchev–Trinajstić information content (AvgIpc) is 2.90. The molecule has 0 bridgehead atoms. The van der Waals surface area contributed by atoms with Crippen LogP contribution in [0.15, 0.2) is 113 Å². The number of benzene rings is 4. The van der Waals surface area contributed by atoms with Gasteiger partial charge < -0.3 is 10.4 Å². The fraction of sp³-hybridized carbons (Fsp3) is 0.0714. The van der Waals surface area contributed by atoms with Crippen molar-refractivity contribution in [3.63, 3.8) is 0 Å². The predicted molar refractivity (Wildman–Crippen MR) is 146 cm³/mol.